The zero-order chi connectivity index (χ0) is 24.0. The Kier molecular flexibility index (Phi) is 7.54. The summed E-state index contributed by atoms with van der Waals surface area (Å²) in [6.45, 7) is 0.330. The van der Waals surface area contributed by atoms with Crippen molar-refractivity contribution in [1.29, 1.82) is 0 Å². The van der Waals surface area contributed by atoms with Gasteiger partial charge in [0, 0.05) is 16.1 Å². The average Bonchev–Trinajstić information content (AvgIpc) is 2.78. The van der Waals surface area contributed by atoms with Gasteiger partial charge in [-0.05, 0) is 45.8 Å². The molecule has 0 saturated heterocycles. The SMILES string of the molecule is COc1cc(/C=N\Nc2ccc(C(F)(F)F)cc2[N+](=O)[O-])c(Br)cc1OCc1ccccc1. The van der Waals surface area contributed by atoms with E-state index in [-0.39, 0.29) is 5.69 Å². The minimum absolute atomic E-state index is 0.185. The lowest BCUT2D eigenvalue weighted by Crippen LogP contribution is -2.06. The minimum atomic E-state index is -4.70. The van der Waals surface area contributed by atoms with Crippen molar-refractivity contribution < 1.29 is 27.6 Å². The van der Waals surface area contributed by atoms with Crippen LogP contribution in [0.4, 0.5) is 24.5 Å². The molecule has 0 radical (unpaired) electrons. The Balaban J connectivity index is 1.78. The molecular formula is C22H17BrF3N3O4. The maximum atomic E-state index is 12.8. The largest absolute Gasteiger partial charge is 0.493 e. The van der Waals surface area contributed by atoms with E-state index in [1.54, 1.807) is 12.1 Å². The van der Waals surface area contributed by atoms with Crippen LogP contribution in [-0.2, 0) is 12.8 Å². The van der Waals surface area contributed by atoms with Crippen LogP contribution in [0.3, 0.4) is 0 Å². The standard InChI is InChI=1S/C22H17BrF3N3O4/c1-32-20-9-15(17(23)11-21(20)33-13-14-5-3-2-4-6-14)12-27-28-18-8-7-16(22(24,25)26)10-19(18)29(30)31/h2-12,28H,13H2,1H3/b27-12-. The highest BCUT2D eigenvalue weighted by atomic mass is 79.9. The summed E-state index contributed by atoms with van der Waals surface area (Å²) in [5.74, 6) is 0.910. The van der Waals surface area contributed by atoms with Gasteiger partial charge in [0.15, 0.2) is 11.5 Å². The quantitative estimate of drug-likeness (QED) is 0.209. The predicted molar refractivity (Wildman–Crippen MR) is 121 cm³/mol. The summed E-state index contributed by atoms with van der Waals surface area (Å²) in [4.78, 5) is 10.3. The molecule has 0 spiro atoms. The van der Waals surface area contributed by atoms with Crippen molar-refractivity contribution >= 4 is 33.5 Å². The summed E-state index contributed by atoms with van der Waals surface area (Å²) in [6, 6.07) is 15.0. The van der Waals surface area contributed by atoms with Crippen molar-refractivity contribution in [3.8, 4) is 11.5 Å². The Morgan fingerprint density at radius 2 is 1.85 bits per heavy atom. The molecule has 172 valence electrons. The highest BCUT2D eigenvalue weighted by Gasteiger charge is 2.33. The van der Waals surface area contributed by atoms with Crippen LogP contribution in [0.1, 0.15) is 16.7 Å². The van der Waals surface area contributed by atoms with Gasteiger partial charge in [0.05, 0.1) is 23.8 Å². The molecule has 0 heterocycles. The second-order valence-corrected chi connectivity index (χ2v) is 7.51. The zero-order valence-electron chi connectivity index (χ0n) is 17.1. The first kappa shape index (κ1) is 24.1. The molecule has 0 aliphatic rings. The summed E-state index contributed by atoms with van der Waals surface area (Å²) >= 11 is 3.40. The highest BCUT2D eigenvalue weighted by Crippen LogP contribution is 2.36. The van der Waals surface area contributed by atoms with Gasteiger partial charge in [0.1, 0.15) is 12.3 Å². The number of nitro groups is 1. The number of rotatable bonds is 8. The molecule has 0 atom stereocenters. The van der Waals surface area contributed by atoms with Gasteiger partial charge in [-0.25, -0.2) is 0 Å². The Labute approximate surface area is 195 Å². The fourth-order valence-corrected chi connectivity index (χ4v) is 3.21. The van der Waals surface area contributed by atoms with E-state index in [1.165, 1.54) is 13.3 Å². The van der Waals surface area contributed by atoms with Gasteiger partial charge >= 0.3 is 6.18 Å². The van der Waals surface area contributed by atoms with E-state index in [0.717, 1.165) is 17.7 Å². The maximum Gasteiger partial charge on any atom is 0.416 e. The summed E-state index contributed by atoms with van der Waals surface area (Å²) in [5, 5.41) is 15.1. The van der Waals surface area contributed by atoms with Gasteiger partial charge in [-0.1, -0.05) is 30.3 Å². The number of nitrogens with one attached hydrogen (secondary N) is 1. The van der Waals surface area contributed by atoms with E-state index in [2.05, 4.69) is 26.5 Å². The monoisotopic (exact) mass is 523 g/mol. The highest BCUT2D eigenvalue weighted by molar-refractivity contribution is 9.10. The van der Waals surface area contributed by atoms with E-state index in [4.69, 9.17) is 9.47 Å². The lowest BCUT2D eigenvalue weighted by atomic mass is 10.1. The molecule has 0 fully saturated rings. The number of hydrogen-bond acceptors (Lipinski definition) is 6. The first-order valence-electron chi connectivity index (χ1n) is 9.38. The first-order valence-corrected chi connectivity index (χ1v) is 10.2. The molecular weight excluding hydrogens is 507 g/mol. The summed E-state index contributed by atoms with van der Waals surface area (Å²) in [7, 11) is 1.48. The van der Waals surface area contributed by atoms with E-state index >= 15 is 0 Å². The molecule has 7 nitrogen and oxygen atoms in total. The number of halogens is 4. The number of ether oxygens (including phenoxy) is 2. The molecule has 0 saturated carbocycles. The lowest BCUT2D eigenvalue weighted by Gasteiger charge is -2.13. The number of anilines is 1. The third kappa shape index (κ3) is 6.22. The van der Waals surface area contributed by atoms with Crippen LogP contribution < -0.4 is 14.9 Å². The Bertz CT molecular complexity index is 1170. The Morgan fingerprint density at radius 1 is 1.12 bits per heavy atom. The van der Waals surface area contributed by atoms with Gasteiger partial charge in [0.2, 0.25) is 0 Å². The molecule has 1 N–H and O–H groups in total. The minimum Gasteiger partial charge on any atom is -0.493 e. The second kappa shape index (κ2) is 10.3. The molecule has 3 aromatic carbocycles. The van der Waals surface area contributed by atoms with Crippen molar-refractivity contribution in [3.05, 3.63) is 91.9 Å². The molecule has 0 aliphatic carbocycles. The average molecular weight is 524 g/mol. The van der Waals surface area contributed by atoms with Crippen molar-refractivity contribution in [2.45, 2.75) is 12.8 Å². The molecule has 0 amide bonds. The van der Waals surface area contributed by atoms with Crippen LogP contribution in [0.2, 0.25) is 0 Å². The van der Waals surface area contributed by atoms with Gasteiger partial charge < -0.3 is 9.47 Å². The lowest BCUT2D eigenvalue weighted by molar-refractivity contribution is -0.384. The van der Waals surface area contributed by atoms with E-state index in [0.29, 0.717) is 34.2 Å². The number of hydrogen-bond donors (Lipinski definition) is 1. The van der Waals surface area contributed by atoms with Crippen LogP contribution in [0, 0.1) is 10.1 Å². The van der Waals surface area contributed by atoms with E-state index in [1.807, 2.05) is 30.3 Å². The molecule has 0 unspecified atom stereocenters. The Morgan fingerprint density at radius 3 is 2.48 bits per heavy atom. The number of nitrogens with zero attached hydrogens (tertiary/aromatic N) is 2. The van der Waals surface area contributed by atoms with Crippen LogP contribution >= 0.6 is 15.9 Å². The summed E-state index contributed by atoms with van der Waals surface area (Å²) in [6.07, 6.45) is -3.35. The molecule has 0 aromatic heterocycles. The summed E-state index contributed by atoms with van der Waals surface area (Å²) < 4.78 is 50.3. The number of nitro benzene ring substituents is 1. The molecule has 33 heavy (non-hydrogen) atoms. The summed E-state index contributed by atoms with van der Waals surface area (Å²) in [5.41, 5.74) is 1.88. The van der Waals surface area contributed by atoms with Crippen molar-refractivity contribution in [2.24, 2.45) is 5.10 Å². The van der Waals surface area contributed by atoms with Crippen molar-refractivity contribution in [1.82, 2.24) is 0 Å². The normalized spacial score (nSPS) is 11.4. The van der Waals surface area contributed by atoms with E-state index in [9.17, 15) is 23.3 Å². The number of alkyl halides is 3. The number of benzene rings is 3. The number of hydrazone groups is 1. The van der Waals surface area contributed by atoms with Crippen molar-refractivity contribution in [3.63, 3.8) is 0 Å². The van der Waals surface area contributed by atoms with Gasteiger partial charge in [-0.15, -0.1) is 0 Å². The zero-order valence-corrected chi connectivity index (χ0v) is 18.7. The third-order valence-corrected chi connectivity index (χ3v) is 5.12. The predicted octanol–water partition coefficient (Wildman–Crippen LogP) is 6.41. The molecule has 3 aromatic rings. The molecule has 3 rings (SSSR count). The van der Waals surface area contributed by atoms with Crippen LogP contribution in [0.25, 0.3) is 0 Å². The van der Waals surface area contributed by atoms with Gasteiger partial charge in [-0.3, -0.25) is 15.5 Å². The first-order chi connectivity index (χ1) is 15.7. The molecule has 0 bridgehead atoms. The second-order valence-electron chi connectivity index (χ2n) is 6.66. The van der Waals surface area contributed by atoms with Gasteiger partial charge in [-0.2, -0.15) is 18.3 Å². The van der Waals surface area contributed by atoms with E-state index < -0.39 is 22.4 Å². The van der Waals surface area contributed by atoms with Crippen LogP contribution in [-0.4, -0.2) is 18.2 Å². The fraction of sp³-hybridized carbons (Fsp3) is 0.136. The third-order valence-electron chi connectivity index (χ3n) is 4.43. The van der Waals surface area contributed by atoms with Gasteiger partial charge in [0.25, 0.3) is 5.69 Å². The van der Waals surface area contributed by atoms with Crippen molar-refractivity contribution in [2.75, 3.05) is 12.5 Å². The topological polar surface area (TPSA) is 86.0 Å². The van der Waals surface area contributed by atoms with Crippen LogP contribution in [0.15, 0.2) is 70.2 Å². The number of methoxy groups -OCH3 is 1. The van der Waals surface area contributed by atoms with Crippen LogP contribution in [0.5, 0.6) is 11.5 Å². The smallest absolute Gasteiger partial charge is 0.416 e. The maximum absolute atomic E-state index is 12.8. The Hall–Kier alpha value is -3.60. The molecule has 11 heteroatoms. The fourth-order valence-electron chi connectivity index (χ4n) is 2.78. The molecule has 0 aliphatic heterocycles.